The lowest BCUT2D eigenvalue weighted by Crippen LogP contribution is -2.49. The van der Waals surface area contributed by atoms with Crippen LogP contribution in [0.2, 0.25) is 0 Å². The van der Waals surface area contributed by atoms with Gasteiger partial charge in [0, 0.05) is 0 Å². The van der Waals surface area contributed by atoms with Crippen LogP contribution in [0, 0.1) is 0 Å². The highest BCUT2D eigenvalue weighted by Crippen LogP contribution is 2.26. The molecule has 0 amide bonds. The van der Waals surface area contributed by atoms with Crippen molar-refractivity contribution >= 4 is 0 Å². The van der Waals surface area contributed by atoms with Gasteiger partial charge in [0.2, 0.25) is 0 Å². The maximum Gasteiger partial charge on any atom is 0.116 e. The van der Waals surface area contributed by atoms with Gasteiger partial charge in [0.1, 0.15) is 24.4 Å². The van der Waals surface area contributed by atoms with Crippen LogP contribution in [-0.4, -0.2) is 34.6 Å². The first kappa shape index (κ1) is 17.8. The highest BCUT2D eigenvalue weighted by molar-refractivity contribution is 5.18. The van der Waals surface area contributed by atoms with Crippen LogP contribution < -0.4 is 0 Å². The van der Waals surface area contributed by atoms with Crippen LogP contribution in [0.3, 0.4) is 0 Å². The van der Waals surface area contributed by atoms with Crippen molar-refractivity contribution in [2.45, 2.75) is 44.1 Å². The Bertz CT molecular complexity index is 671. The second-order valence-electron chi connectivity index (χ2n) is 6.28. The lowest BCUT2D eigenvalue weighted by Gasteiger charge is -2.35. The van der Waals surface area contributed by atoms with E-state index in [0.717, 1.165) is 11.1 Å². The molecule has 0 spiro atoms. The Labute approximate surface area is 148 Å². The van der Waals surface area contributed by atoms with E-state index in [0.29, 0.717) is 6.61 Å². The van der Waals surface area contributed by atoms with Gasteiger partial charge < -0.3 is 19.7 Å². The van der Waals surface area contributed by atoms with E-state index in [1.165, 1.54) is 0 Å². The second-order valence-corrected chi connectivity index (χ2v) is 6.28. The lowest BCUT2D eigenvalue weighted by molar-refractivity contribution is -0.152. The van der Waals surface area contributed by atoms with Crippen molar-refractivity contribution in [1.82, 2.24) is 0 Å². The average molecular weight is 340 g/mol. The summed E-state index contributed by atoms with van der Waals surface area (Å²) in [4.78, 5) is 0. The molecule has 1 aliphatic rings. The molecule has 5 atom stereocenters. The fourth-order valence-corrected chi connectivity index (χ4v) is 2.96. The largest absolute Gasteiger partial charge is 0.387 e. The van der Waals surface area contributed by atoms with E-state index in [4.69, 9.17) is 9.47 Å². The van der Waals surface area contributed by atoms with Gasteiger partial charge in [-0.15, -0.1) is 0 Å². The maximum absolute atomic E-state index is 10.4. The summed E-state index contributed by atoms with van der Waals surface area (Å²) in [5.74, 6) is 0. The summed E-state index contributed by atoms with van der Waals surface area (Å²) in [6.45, 7) is 2.32. The standard InChI is InChI=1S/C21H24O4/c1-15(17-10-6-3-7-11-17)25-19-13-12-18(22)20(23)21(19)24-14-16-8-4-2-5-9-16/h2-13,15,18-23H,14H2,1H3/t15-,18-,19+,20-,21-/m1/s1. The molecule has 4 heteroatoms. The van der Waals surface area contributed by atoms with Gasteiger partial charge in [-0.2, -0.15) is 0 Å². The average Bonchev–Trinajstić information content (AvgIpc) is 2.66. The summed E-state index contributed by atoms with van der Waals surface area (Å²) in [6.07, 6.45) is 0.140. The van der Waals surface area contributed by atoms with Crippen molar-refractivity contribution in [1.29, 1.82) is 0 Å². The first-order chi connectivity index (χ1) is 12.1. The molecule has 2 aromatic carbocycles. The highest BCUT2D eigenvalue weighted by atomic mass is 16.6. The summed E-state index contributed by atoms with van der Waals surface area (Å²) in [5.41, 5.74) is 2.06. The first-order valence-electron chi connectivity index (χ1n) is 8.55. The van der Waals surface area contributed by atoms with Gasteiger partial charge in [0.15, 0.2) is 0 Å². The van der Waals surface area contributed by atoms with Crippen LogP contribution in [0.15, 0.2) is 72.8 Å². The van der Waals surface area contributed by atoms with Gasteiger partial charge in [-0.3, -0.25) is 0 Å². The van der Waals surface area contributed by atoms with E-state index in [9.17, 15) is 10.2 Å². The number of ether oxygens (including phenoxy) is 2. The van der Waals surface area contributed by atoms with E-state index < -0.39 is 24.4 Å². The summed E-state index contributed by atoms with van der Waals surface area (Å²) in [6, 6.07) is 19.6. The van der Waals surface area contributed by atoms with Crippen LogP contribution in [0.5, 0.6) is 0 Å². The maximum atomic E-state index is 10.4. The lowest BCUT2D eigenvalue weighted by atomic mass is 9.95. The number of hydrogen-bond donors (Lipinski definition) is 2. The molecule has 25 heavy (non-hydrogen) atoms. The smallest absolute Gasteiger partial charge is 0.116 e. The van der Waals surface area contributed by atoms with Crippen LogP contribution in [-0.2, 0) is 16.1 Å². The van der Waals surface area contributed by atoms with Gasteiger partial charge in [-0.05, 0) is 18.1 Å². The Kier molecular flexibility index (Phi) is 6.00. The molecule has 1 aliphatic carbocycles. The molecule has 0 aliphatic heterocycles. The Morgan fingerprint density at radius 1 is 0.920 bits per heavy atom. The number of aliphatic hydroxyl groups is 2. The van der Waals surface area contributed by atoms with Crippen molar-refractivity contribution in [2.75, 3.05) is 0 Å². The van der Waals surface area contributed by atoms with Gasteiger partial charge in [-0.25, -0.2) is 0 Å². The van der Waals surface area contributed by atoms with Gasteiger partial charge in [0.25, 0.3) is 0 Å². The minimum atomic E-state index is -1.03. The van der Waals surface area contributed by atoms with Gasteiger partial charge >= 0.3 is 0 Å². The molecule has 4 nitrogen and oxygen atoms in total. The minimum Gasteiger partial charge on any atom is -0.387 e. The molecule has 0 saturated heterocycles. The van der Waals surface area contributed by atoms with Crippen molar-refractivity contribution in [3.63, 3.8) is 0 Å². The zero-order valence-corrected chi connectivity index (χ0v) is 14.2. The Morgan fingerprint density at radius 2 is 1.56 bits per heavy atom. The van der Waals surface area contributed by atoms with Crippen molar-refractivity contribution in [3.8, 4) is 0 Å². The zero-order chi connectivity index (χ0) is 17.6. The molecular formula is C21H24O4. The molecule has 0 unspecified atom stereocenters. The highest BCUT2D eigenvalue weighted by Gasteiger charge is 2.36. The fourth-order valence-electron chi connectivity index (χ4n) is 2.96. The molecule has 0 saturated carbocycles. The molecule has 0 heterocycles. The van der Waals surface area contributed by atoms with Gasteiger partial charge in [0.05, 0.1) is 12.7 Å². The van der Waals surface area contributed by atoms with Crippen LogP contribution in [0.1, 0.15) is 24.2 Å². The van der Waals surface area contributed by atoms with E-state index in [1.54, 1.807) is 12.2 Å². The molecule has 3 rings (SSSR count). The predicted octanol–water partition coefficient (Wildman–Crippen LogP) is 3.01. The predicted molar refractivity (Wildman–Crippen MR) is 95.9 cm³/mol. The molecule has 2 aromatic rings. The molecule has 2 N–H and O–H groups in total. The molecule has 0 aromatic heterocycles. The normalized spacial score (nSPS) is 27.2. The SMILES string of the molecule is C[C@@H](O[C@H]1C=C[C@@H](O)[C@@H](O)[C@@H]1OCc1ccccc1)c1ccccc1. The van der Waals surface area contributed by atoms with E-state index >= 15 is 0 Å². The molecule has 0 bridgehead atoms. The van der Waals surface area contributed by atoms with Crippen LogP contribution >= 0.6 is 0 Å². The van der Waals surface area contributed by atoms with Crippen LogP contribution in [0.25, 0.3) is 0 Å². The summed E-state index contributed by atoms with van der Waals surface area (Å²) < 4.78 is 12.0. The number of benzene rings is 2. The summed E-state index contributed by atoms with van der Waals surface area (Å²) >= 11 is 0. The van der Waals surface area contributed by atoms with E-state index in [-0.39, 0.29) is 6.10 Å². The fraction of sp³-hybridized carbons (Fsp3) is 0.333. The third kappa shape index (κ3) is 4.55. The van der Waals surface area contributed by atoms with Crippen molar-refractivity contribution < 1.29 is 19.7 Å². The van der Waals surface area contributed by atoms with Crippen molar-refractivity contribution in [2.24, 2.45) is 0 Å². The molecule has 0 radical (unpaired) electrons. The first-order valence-corrected chi connectivity index (χ1v) is 8.55. The third-order valence-corrected chi connectivity index (χ3v) is 4.42. The molecule has 0 fully saturated rings. The number of hydrogen-bond acceptors (Lipinski definition) is 4. The quantitative estimate of drug-likeness (QED) is 0.794. The Hall–Kier alpha value is -1.98. The number of aliphatic hydroxyl groups excluding tert-OH is 2. The summed E-state index contributed by atoms with van der Waals surface area (Å²) in [7, 11) is 0. The van der Waals surface area contributed by atoms with E-state index in [2.05, 4.69) is 0 Å². The second kappa shape index (κ2) is 8.41. The Balaban J connectivity index is 1.69. The zero-order valence-electron chi connectivity index (χ0n) is 14.2. The third-order valence-electron chi connectivity index (χ3n) is 4.42. The van der Waals surface area contributed by atoms with Crippen LogP contribution in [0.4, 0.5) is 0 Å². The van der Waals surface area contributed by atoms with Gasteiger partial charge in [-0.1, -0.05) is 72.8 Å². The van der Waals surface area contributed by atoms with Crippen molar-refractivity contribution in [3.05, 3.63) is 83.9 Å². The summed E-state index contributed by atoms with van der Waals surface area (Å²) in [5, 5.41) is 20.3. The van der Waals surface area contributed by atoms with E-state index in [1.807, 2.05) is 67.6 Å². The minimum absolute atomic E-state index is 0.152. The molecule has 132 valence electrons. The number of rotatable bonds is 6. The monoisotopic (exact) mass is 340 g/mol. The molecular weight excluding hydrogens is 316 g/mol. The topological polar surface area (TPSA) is 58.9 Å². The Morgan fingerprint density at radius 3 is 2.24 bits per heavy atom.